The molecule has 0 aromatic heterocycles. The molecule has 1 amide bonds. The molecule has 0 N–H and O–H groups in total. The van der Waals surface area contributed by atoms with Gasteiger partial charge in [0.15, 0.2) is 0 Å². The fourth-order valence-corrected chi connectivity index (χ4v) is 4.56. The standard InChI is InChI=1S/C20H30N2O2S/c23-20(9-15-25-17-18-6-2-1-3-7-18)22-10-5-4-8-19(22)16-21-11-13-24-14-12-21/h1-3,6-7,19H,4-5,8-17H2/t19-/m1/s1. The lowest BCUT2D eigenvalue weighted by Gasteiger charge is -2.39. The average Bonchev–Trinajstić information content (AvgIpc) is 2.67. The average molecular weight is 363 g/mol. The van der Waals surface area contributed by atoms with Gasteiger partial charge in [0.1, 0.15) is 0 Å². The first-order valence-corrected chi connectivity index (χ1v) is 10.7. The second kappa shape index (κ2) is 10.2. The van der Waals surface area contributed by atoms with Gasteiger partial charge in [-0.3, -0.25) is 9.69 Å². The zero-order valence-corrected chi connectivity index (χ0v) is 15.9. The second-order valence-electron chi connectivity index (χ2n) is 6.94. The third kappa shape index (κ3) is 6.01. The Labute approximate surface area is 155 Å². The molecule has 138 valence electrons. The molecular formula is C20H30N2O2S. The van der Waals surface area contributed by atoms with E-state index in [1.165, 1.54) is 12.0 Å². The maximum absolute atomic E-state index is 12.7. The molecule has 25 heavy (non-hydrogen) atoms. The highest BCUT2D eigenvalue weighted by Gasteiger charge is 2.28. The Hall–Kier alpha value is -1.04. The molecule has 2 aliphatic heterocycles. The predicted octanol–water partition coefficient (Wildman–Crippen LogP) is 3.02. The van der Waals surface area contributed by atoms with Crippen LogP contribution in [0.1, 0.15) is 31.2 Å². The van der Waals surface area contributed by atoms with E-state index in [0.717, 1.165) is 63.7 Å². The predicted molar refractivity (Wildman–Crippen MR) is 104 cm³/mol. The molecule has 0 saturated carbocycles. The number of thioether (sulfide) groups is 1. The number of carbonyl (C=O) groups excluding carboxylic acids is 1. The number of hydrogen-bond donors (Lipinski definition) is 0. The summed E-state index contributed by atoms with van der Waals surface area (Å²) in [6.45, 7) is 5.63. The Balaban J connectivity index is 1.42. The van der Waals surface area contributed by atoms with Gasteiger partial charge in [-0.15, -0.1) is 0 Å². The molecule has 2 saturated heterocycles. The van der Waals surface area contributed by atoms with Gasteiger partial charge in [-0.2, -0.15) is 11.8 Å². The van der Waals surface area contributed by atoms with Crippen molar-refractivity contribution in [2.24, 2.45) is 0 Å². The number of ether oxygens (including phenoxy) is 1. The largest absolute Gasteiger partial charge is 0.379 e. The maximum Gasteiger partial charge on any atom is 0.223 e. The first-order valence-electron chi connectivity index (χ1n) is 9.54. The SMILES string of the molecule is O=C(CCSCc1ccccc1)N1CCCC[C@@H]1CN1CCOCC1. The Morgan fingerprint density at radius 1 is 1.12 bits per heavy atom. The van der Waals surface area contributed by atoms with Crippen molar-refractivity contribution in [2.45, 2.75) is 37.5 Å². The van der Waals surface area contributed by atoms with E-state index >= 15 is 0 Å². The molecule has 0 bridgehead atoms. The number of rotatable bonds is 7. The number of benzene rings is 1. The molecule has 5 heteroatoms. The van der Waals surface area contributed by atoms with Crippen molar-refractivity contribution >= 4 is 17.7 Å². The van der Waals surface area contributed by atoms with Crippen molar-refractivity contribution in [3.05, 3.63) is 35.9 Å². The first kappa shape index (κ1) is 18.7. The number of morpholine rings is 1. The van der Waals surface area contributed by atoms with Crippen LogP contribution in [-0.2, 0) is 15.3 Å². The summed E-state index contributed by atoms with van der Waals surface area (Å²) in [6, 6.07) is 10.9. The van der Waals surface area contributed by atoms with Gasteiger partial charge in [-0.1, -0.05) is 30.3 Å². The van der Waals surface area contributed by atoms with E-state index in [-0.39, 0.29) is 0 Å². The smallest absolute Gasteiger partial charge is 0.223 e. The number of amides is 1. The van der Waals surface area contributed by atoms with Crippen LogP contribution in [0.15, 0.2) is 30.3 Å². The summed E-state index contributed by atoms with van der Waals surface area (Å²) >= 11 is 1.86. The van der Waals surface area contributed by atoms with Crippen molar-refractivity contribution < 1.29 is 9.53 Å². The van der Waals surface area contributed by atoms with Gasteiger partial charge in [-0.25, -0.2) is 0 Å². The molecule has 3 rings (SSSR count). The van der Waals surface area contributed by atoms with E-state index in [1.54, 1.807) is 0 Å². The molecule has 1 aromatic rings. The van der Waals surface area contributed by atoms with Crippen LogP contribution in [-0.4, -0.2) is 66.9 Å². The fourth-order valence-electron chi connectivity index (χ4n) is 3.67. The van der Waals surface area contributed by atoms with Crippen molar-refractivity contribution in [1.82, 2.24) is 9.80 Å². The highest BCUT2D eigenvalue weighted by Crippen LogP contribution is 2.21. The van der Waals surface area contributed by atoms with E-state index in [0.29, 0.717) is 18.4 Å². The zero-order valence-electron chi connectivity index (χ0n) is 15.1. The topological polar surface area (TPSA) is 32.8 Å². The number of carbonyl (C=O) groups is 1. The summed E-state index contributed by atoms with van der Waals surface area (Å²) in [7, 11) is 0. The van der Waals surface area contributed by atoms with Crippen LogP contribution < -0.4 is 0 Å². The number of piperidine rings is 1. The third-order valence-electron chi connectivity index (χ3n) is 5.09. The van der Waals surface area contributed by atoms with Crippen LogP contribution in [0.2, 0.25) is 0 Å². The van der Waals surface area contributed by atoms with Crippen LogP contribution in [0.3, 0.4) is 0 Å². The lowest BCUT2D eigenvalue weighted by molar-refractivity contribution is -0.135. The normalized spacial score (nSPS) is 22.1. The fraction of sp³-hybridized carbons (Fsp3) is 0.650. The van der Waals surface area contributed by atoms with Gasteiger partial charge < -0.3 is 9.64 Å². The molecule has 4 nitrogen and oxygen atoms in total. The van der Waals surface area contributed by atoms with E-state index in [4.69, 9.17) is 4.74 Å². The van der Waals surface area contributed by atoms with Gasteiger partial charge in [0.05, 0.1) is 13.2 Å². The molecule has 2 aliphatic rings. The Kier molecular flexibility index (Phi) is 7.64. The van der Waals surface area contributed by atoms with Gasteiger partial charge in [-0.05, 0) is 24.8 Å². The van der Waals surface area contributed by atoms with E-state index in [1.807, 2.05) is 17.8 Å². The minimum atomic E-state index is 0.346. The maximum atomic E-state index is 12.7. The van der Waals surface area contributed by atoms with Gasteiger partial charge in [0.2, 0.25) is 5.91 Å². The molecule has 2 fully saturated rings. The van der Waals surface area contributed by atoms with E-state index in [2.05, 4.69) is 34.1 Å². The summed E-state index contributed by atoms with van der Waals surface area (Å²) < 4.78 is 5.44. The van der Waals surface area contributed by atoms with Crippen LogP contribution >= 0.6 is 11.8 Å². The van der Waals surface area contributed by atoms with Crippen molar-refractivity contribution in [3.8, 4) is 0 Å². The zero-order chi connectivity index (χ0) is 17.3. The second-order valence-corrected chi connectivity index (χ2v) is 8.04. The van der Waals surface area contributed by atoms with Crippen LogP contribution in [0.5, 0.6) is 0 Å². The molecule has 1 aromatic carbocycles. The van der Waals surface area contributed by atoms with Gasteiger partial charge in [0.25, 0.3) is 0 Å². The highest BCUT2D eigenvalue weighted by atomic mass is 32.2. The van der Waals surface area contributed by atoms with Crippen molar-refractivity contribution in [1.29, 1.82) is 0 Å². The minimum absolute atomic E-state index is 0.346. The molecule has 0 aliphatic carbocycles. The number of hydrogen-bond acceptors (Lipinski definition) is 4. The van der Waals surface area contributed by atoms with E-state index < -0.39 is 0 Å². The van der Waals surface area contributed by atoms with Gasteiger partial charge in [0, 0.05) is 50.1 Å². The lowest BCUT2D eigenvalue weighted by atomic mass is 10.0. The molecule has 0 spiro atoms. The van der Waals surface area contributed by atoms with Gasteiger partial charge >= 0.3 is 0 Å². The number of likely N-dealkylation sites (tertiary alicyclic amines) is 1. The molecule has 2 heterocycles. The highest BCUT2D eigenvalue weighted by molar-refractivity contribution is 7.98. The summed E-state index contributed by atoms with van der Waals surface area (Å²) in [5, 5.41) is 0. The molecule has 1 atom stereocenters. The summed E-state index contributed by atoms with van der Waals surface area (Å²) in [6.07, 6.45) is 4.22. The van der Waals surface area contributed by atoms with Crippen LogP contribution in [0, 0.1) is 0 Å². The molecular weight excluding hydrogens is 332 g/mol. The molecule has 0 radical (unpaired) electrons. The van der Waals surface area contributed by atoms with Crippen molar-refractivity contribution in [3.63, 3.8) is 0 Å². The Morgan fingerprint density at radius 3 is 2.72 bits per heavy atom. The summed E-state index contributed by atoms with van der Waals surface area (Å²) in [5.74, 6) is 2.25. The van der Waals surface area contributed by atoms with E-state index in [9.17, 15) is 4.79 Å². The Bertz CT molecular complexity index is 520. The van der Waals surface area contributed by atoms with Crippen LogP contribution in [0.4, 0.5) is 0 Å². The minimum Gasteiger partial charge on any atom is -0.379 e. The molecule has 0 unspecified atom stereocenters. The summed E-state index contributed by atoms with van der Waals surface area (Å²) in [5.41, 5.74) is 1.34. The van der Waals surface area contributed by atoms with Crippen molar-refractivity contribution in [2.75, 3.05) is 45.1 Å². The lowest BCUT2D eigenvalue weighted by Crippen LogP contribution is -2.51. The van der Waals surface area contributed by atoms with Crippen LogP contribution in [0.25, 0.3) is 0 Å². The third-order valence-corrected chi connectivity index (χ3v) is 6.12. The number of nitrogens with zero attached hydrogens (tertiary/aromatic N) is 2. The monoisotopic (exact) mass is 362 g/mol. The quantitative estimate of drug-likeness (QED) is 0.698. The first-order chi connectivity index (χ1) is 12.3. The Morgan fingerprint density at radius 2 is 1.92 bits per heavy atom. The summed E-state index contributed by atoms with van der Waals surface area (Å²) in [4.78, 5) is 17.4.